The van der Waals surface area contributed by atoms with Gasteiger partial charge < -0.3 is 32.5 Å². The van der Waals surface area contributed by atoms with Crippen LogP contribution in [0.3, 0.4) is 0 Å². The van der Waals surface area contributed by atoms with Gasteiger partial charge in [0.15, 0.2) is 0 Å². The van der Waals surface area contributed by atoms with E-state index >= 15 is 0 Å². The smallest absolute Gasteiger partial charge is 0.338 e. The Kier molecular flexibility index (Phi) is 11.6. The van der Waals surface area contributed by atoms with E-state index in [1.165, 1.54) is 24.3 Å². The van der Waals surface area contributed by atoms with Gasteiger partial charge in [-0.3, -0.25) is 10.1 Å². The summed E-state index contributed by atoms with van der Waals surface area (Å²) in [5, 5.41) is 36.5. The molecule has 196 valence electrons. The minimum Gasteiger partial charge on any atom is -0.478 e. The minimum absolute atomic E-state index is 0.0121. The van der Waals surface area contributed by atoms with Crippen molar-refractivity contribution in [3.8, 4) is 0 Å². The van der Waals surface area contributed by atoms with Crippen molar-refractivity contribution in [1.82, 2.24) is 0 Å². The molecule has 0 amide bonds. The second-order valence-electron chi connectivity index (χ2n) is 6.64. The lowest BCUT2D eigenvalue weighted by Gasteiger charge is -2.03. The van der Waals surface area contributed by atoms with Crippen LogP contribution >= 0.6 is 55.1 Å². The van der Waals surface area contributed by atoms with Gasteiger partial charge in [0, 0.05) is 31.8 Å². The van der Waals surface area contributed by atoms with Gasteiger partial charge in [-0.15, -0.1) is 0 Å². The summed E-state index contributed by atoms with van der Waals surface area (Å²) in [7, 11) is 0. The summed E-state index contributed by atoms with van der Waals surface area (Å²) in [5.41, 5.74) is 15.9. The number of aromatic carboxylic acids is 3. The zero-order chi connectivity index (χ0) is 28.6. The summed E-state index contributed by atoms with van der Waals surface area (Å²) < 4.78 is 1.26. The number of halogens is 4. The van der Waals surface area contributed by atoms with E-state index in [-0.39, 0.29) is 49.5 Å². The Hall–Kier alpha value is -3.59. The number of carbonyl (C=O) groups is 3. The predicted octanol–water partition coefficient (Wildman–Crippen LogP) is 5.64. The Balaban J connectivity index is 0.000000278. The molecule has 0 aliphatic heterocycles. The van der Waals surface area contributed by atoms with E-state index < -0.39 is 22.8 Å². The molecule has 37 heavy (non-hydrogen) atoms. The van der Waals surface area contributed by atoms with Crippen molar-refractivity contribution in [3.63, 3.8) is 0 Å². The maximum atomic E-state index is 10.6. The van der Waals surface area contributed by atoms with Crippen LogP contribution in [0.4, 0.5) is 22.7 Å². The van der Waals surface area contributed by atoms with E-state index in [0.29, 0.717) is 8.95 Å². The van der Waals surface area contributed by atoms with E-state index in [9.17, 15) is 24.5 Å². The number of non-ortho nitro benzene ring substituents is 1. The molecule has 9 N–H and O–H groups in total. The zero-order valence-electron chi connectivity index (χ0n) is 18.1. The highest BCUT2D eigenvalue weighted by atomic mass is 79.9. The van der Waals surface area contributed by atoms with Crippen molar-refractivity contribution in [1.29, 1.82) is 0 Å². The summed E-state index contributed by atoms with van der Waals surface area (Å²) in [4.78, 5) is 41.2. The molecule has 0 heterocycles. The molecule has 0 unspecified atom stereocenters. The second-order valence-corrected chi connectivity index (χ2v) is 9.26. The number of benzene rings is 3. The maximum absolute atomic E-state index is 10.6. The molecular formula is C21H16Br2Cl2N4O8. The van der Waals surface area contributed by atoms with Crippen LogP contribution in [0.1, 0.15) is 31.1 Å². The fourth-order valence-electron chi connectivity index (χ4n) is 2.37. The summed E-state index contributed by atoms with van der Waals surface area (Å²) in [6.07, 6.45) is 0. The second kappa shape index (κ2) is 13.6. The van der Waals surface area contributed by atoms with Crippen molar-refractivity contribution in [3.05, 3.63) is 88.3 Å². The lowest BCUT2D eigenvalue weighted by Crippen LogP contribution is -2.03. The average molecular weight is 683 g/mol. The summed E-state index contributed by atoms with van der Waals surface area (Å²) in [5.74, 6) is -3.45. The maximum Gasteiger partial charge on any atom is 0.338 e. The Morgan fingerprint density at radius 2 is 1.30 bits per heavy atom. The van der Waals surface area contributed by atoms with Crippen molar-refractivity contribution in [2.24, 2.45) is 0 Å². The highest BCUT2D eigenvalue weighted by molar-refractivity contribution is 9.11. The third-order valence-electron chi connectivity index (χ3n) is 4.13. The third-order valence-corrected chi connectivity index (χ3v) is 5.77. The molecule has 16 heteroatoms. The standard InChI is InChI=1S/C7H5Br2NO2.C7H5Cl2NO2.C7H6N2O4/c2*8-3-1-4(7(11)12)6(10)5(9)2-3;8-6-2-1-4(9(12)13)3-5(6)7(10)11/h2*1-2H,10H2,(H,11,12);1-3H,8H2,(H,10,11). The number of hydrogen-bond acceptors (Lipinski definition) is 8. The van der Waals surface area contributed by atoms with Gasteiger partial charge in [0.2, 0.25) is 0 Å². The van der Waals surface area contributed by atoms with Gasteiger partial charge in [0.25, 0.3) is 5.69 Å². The number of rotatable bonds is 4. The first-order chi connectivity index (χ1) is 17.1. The number of nitro benzene ring substituents is 1. The highest BCUT2D eigenvalue weighted by Gasteiger charge is 2.14. The van der Waals surface area contributed by atoms with Crippen molar-refractivity contribution < 1.29 is 34.6 Å². The van der Waals surface area contributed by atoms with Gasteiger partial charge in [0.1, 0.15) is 0 Å². The van der Waals surface area contributed by atoms with Crippen LogP contribution in [-0.2, 0) is 0 Å². The molecule has 0 spiro atoms. The molecule has 0 saturated heterocycles. The molecule has 0 aliphatic rings. The molecule has 0 aromatic heterocycles. The minimum atomic E-state index is -1.28. The molecule has 0 fully saturated rings. The number of nitrogen functional groups attached to an aromatic ring is 3. The Morgan fingerprint density at radius 1 is 0.784 bits per heavy atom. The van der Waals surface area contributed by atoms with Gasteiger partial charge >= 0.3 is 17.9 Å². The van der Waals surface area contributed by atoms with Crippen molar-refractivity contribution >= 4 is 95.7 Å². The Bertz CT molecular complexity index is 1320. The average Bonchev–Trinajstić information content (AvgIpc) is 2.79. The fourth-order valence-corrected chi connectivity index (χ4v) is 4.09. The first-order valence-corrected chi connectivity index (χ1v) is 11.6. The first kappa shape index (κ1) is 31.4. The van der Waals surface area contributed by atoms with Gasteiger partial charge in [-0.2, -0.15) is 0 Å². The van der Waals surface area contributed by atoms with E-state index in [1.54, 1.807) is 6.07 Å². The van der Waals surface area contributed by atoms with Crippen molar-refractivity contribution in [2.45, 2.75) is 0 Å². The normalized spacial score (nSPS) is 9.73. The molecule has 0 radical (unpaired) electrons. The lowest BCUT2D eigenvalue weighted by molar-refractivity contribution is -0.384. The molecule has 3 rings (SSSR count). The van der Waals surface area contributed by atoms with Gasteiger partial charge in [-0.25, -0.2) is 14.4 Å². The molecule has 0 saturated carbocycles. The third kappa shape index (κ3) is 9.09. The molecule has 12 nitrogen and oxygen atoms in total. The zero-order valence-corrected chi connectivity index (χ0v) is 22.8. The van der Waals surface area contributed by atoms with Crippen LogP contribution in [0.5, 0.6) is 0 Å². The predicted molar refractivity (Wildman–Crippen MR) is 146 cm³/mol. The lowest BCUT2D eigenvalue weighted by atomic mass is 10.1. The Labute approximate surface area is 235 Å². The molecule has 0 aliphatic carbocycles. The molecule has 0 atom stereocenters. The number of anilines is 3. The van der Waals surface area contributed by atoms with E-state index in [4.69, 9.17) is 55.7 Å². The summed E-state index contributed by atoms with van der Waals surface area (Å²) in [6, 6.07) is 9.08. The van der Waals surface area contributed by atoms with E-state index in [1.807, 2.05) is 0 Å². The number of nitro groups is 1. The van der Waals surface area contributed by atoms with Crippen LogP contribution < -0.4 is 17.2 Å². The van der Waals surface area contributed by atoms with Crippen molar-refractivity contribution in [2.75, 3.05) is 17.2 Å². The number of carboxylic acid groups (broad SMARTS) is 3. The number of hydrogen-bond donors (Lipinski definition) is 6. The molecule has 3 aromatic rings. The molecule has 3 aromatic carbocycles. The quantitative estimate of drug-likeness (QED) is 0.112. The van der Waals surface area contributed by atoms with Crippen LogP contribution in [0.2, 0.25) is 10.0 Å². The van der Waals surface area contributed by atoms with Crippen LogP contribution in [0, 0.1) is 10.1 Å². The summed E-state index contributed by atoms with van der Waals surface area (Å²) >= 11 is 17.5. The van der Waals surface area contributed by atoms with Crippen LogP contribution in [0.25, 0.3) is 0 Å². The molecule has 0 bridgehead atoms. The van der Waals surface area contributed by atoms with Gasteiger partial charge in [-0.1, -0.05) is 39.1 Å². The number of nitrogens with two attached hydrogens (primary N) is 3. The van der Waals surface area contributed by atoms with Crippen LogP contribution in [0.15, 0.2) is 51.4 Å². The first-order valence-electron chi connectivity index (χ1n) is 9.29. The van der Waals surface area contributed by atoms with Crippen LogP contribution in [-0.4, -0.2) is 38.2 Å². The van der Waals surface area contributed by atoms with Gasteiger partial charge in [0.05, 0.1) is 38.0 Å². The SMILES string of the molecule is Nc1c(Br)cc(Br)cc1C(=O)O.Nc1c(Cl)cc(Cl)cc1C(=O)O.Nc1ccc([N+](=O)[O-])cc1C(=O)O. The highest BCUT2D eigenvalue weighted by Crippen LogP contribution is 2.28. The fraction of sp³-hybridized carbons (Fsp3) is 0. The number of nitrogens with zero attached hydrogens (tertiary/aromatic N) is 1. The number of carboxylic acids is 3. The molecular weight excluding hydrogens is 667 g/mol. The van der Waals surface area contributed by atoms with E-state index in [2.05, 4.69) is 31.9 Å². The van der Waals surface area contributed by atoms with Gasteiger partial charge in [-0.05, 0) is 46.3 Å². The Morgan fingerprint density at radius 3 is 1.78 bits per heavy atom. The summed E-state index contributed by atoms with van der Waals surface area (Å²) in [6.45, 7) is 0. The van der Waals surface area contributed by atoms with E-state index in [0.717, 1.165) is 12.1 Å². The topological polar surface area (TPSA) is 233 Å². The monoisotopic (exact) mass is 680 g/mol. The largest absolute Gasteiger partial charge is 0.478 e.